The Morgan fingerprint density at radius 1 is 1.32 bits per heavy atom. The molecule has 0 aliphatic carbocycles. The summed E-state index contributed by atoms with van der Waals surface area (Å²) in [5, 5.41) is 5.28. The van der Waals surface area contributed by atoms with E-state index in [0.717, 1.165) is 16.6 Å². The van der Waals surface area contributed by atoms with Crippen LogP contribution in [0, 0.1) is 0 Å². The lowest BCUT2D eigenvalue weighted by Gasteiger charge is -2.12. The van der Waals surface area contributed by atoms with Crippen LogP contribution in [-0.4, -0.2) is 22.0 Å². The molecule has 0 fully saturated rings. The van der Waals surface area contributed by atoms with E-state index in [0.29, 0.717) is 6.42 Å². The quantitative estimate of drug-likeness (QED) is 0.929. The Balaban J connectivity index is 2.09. The number of hydrogen-bond donors (Lipinski definition) is 1. The van der Waals surface area contributed by atoms with Gasteiger partial charge in [0.15, 0.2) is 0 Å². The average Bonchev–Trinajstić information content (AvgIpc) is 2.64. The maximum Gasteiger partial charge on any atom is 0.389 e. The molecule has 2 N–H and O–H groups in total. The Morgan fingerprint density at radius 3 is 2.68 bits per heavy atom. The molecule has 2 rings (SSSR count). The number of hydrogen-bond acceptors (Lipinski definition) is 2. The van der Waals surface area contributed by atoms with E-state index in [1.165, 1.54) is 0 Å². The van der Waals surface area contributed by atoms with E-state index in [1.807, 2.05) is 31.3 Å². The Hall–Kier alpha value is -1.56. The number of aryl methyl sites for hydroxylation is 1. The molecule has 0 bridgehead atoms. The van der Waals surface area contributed by atoms with Crippen LogP contribution in [0.5, 0.6) is 0 Å². The van der Waals surface area contributed by atoms with Crippen molar-refractivity contribution in [1.29, 1.82) is 0 Å². The van der Waals surface area contributed by atoms with Gasteiger partial charge in [0, 0.05) is 31.3 Å². The minimum Gasteiger partial charge on any atom is -0.327 e. The molecule has 6 heteroatoms. The molecule has 19 heavy (non-hydrogen) atoms. The monoisotopic (exact) mass is 271 g/mol. The van der Waals surface area contributed by atoms with Gasteiger partial charge in [-0.25, -0.2) is 0 Å². The first-order valence-electron chi connectivity index (χ1n) is 6.10. The summed E-state index contributed by atoms with van der Waals surface area (Å²) in [7, 11) is 1.81. The number of nitrogens with zero attached hydrogens (tertiary/aromatic N) is 2. The second-order valence-electron chi connectivity index (χ2n) is 4.71. The lowest BCUT2D eigenvalue weighted by molar-refractivity contribution is -0.136. The fourth-order valence-corrected chi connectivity index (χ4v) is 2.14. The van der Waals surface area contributed by atoms with Gasteiger partial charge in [0.05, 0.1) is 11.2 Å². The molecule has 1 heterocycles. The van der Waals surface area contributed by atoms with Crippen molar-refractivity contribution in [2.75, 3.05) is 0 Å². The van der Waals surface area contributed by atoms with E-state index in [4.69, 9.17) is 5.73 Å². The van der Waals surface area contributed by atoms with Gasteiger partial charge in [0.1, 0.15) is 0 Å². The number of benzene rings is 1. The highest BCUT2D eigenvalue weighted by Gasteiger charge is 2.27. The van der Waals surface area contributed by atoms with Crippen LogP contribution >= 0.6 is 0 Å². The molecule has 3 nitrogen and oxygen atoms in total. The number of para-hydroxylation sites is 1. The molecule has 1 atom stereocenters. The topological polar surface area (TPSA) is 43.8 Å². The van der Waals surface area contributed by atoms with Gasteiger partial charge in [-0.15, -0.1) is 0 Å². The molecule has 0 saturated heterocycles. The number of aromatic nitrogens is 2. The normalized spacial score (nSPS) is 13.9. The van der Waals surface area contributed by atoms with Crippen LogP contribution in [0.15, 0.2) is 24.3 Å². The zero-order valence-electron chi connectivity index (χ0n) is 10.6. The second-order valence-corrected chi connectivity index (χ2v) is 4.71. The van der Waals surface area contributed by atoms with Gasteiger partial charge in [0.2, 0.25) is 0 Å². The maximum atomic E-state index is 12.1. The maximum absolute atomic E-state index is 12.1. The van der Waals surface area contributed by atoms with Crippen LogP contribution in [0.4, 0.5) is 13.2 Å². The largest absolute Gasteiger partial charge is 0.389 e. The molecular formula is C13H16F3N3. The zero-order chi connectivity index (χ0) is 14.0. The molecule has 0 radical (unpaired) electrons. The predicted octanol–water partition coefficient (Wildman–Crippen LogP) is 2.79. The van der Waals surface area contributed by atoms with Gasteiger partial charge >= 0.3 is 6.18 Å². The van der Waals surface area contributed by atoms with Gasteiger partial charge < -0.3 is 5.73 Å². The summed E-state index contributed by atoms with van der Waals surface area (Å²) in [6.45, 7) is 0. The van der Waals surface area contributed by atoms with Crippen molar-refractivity contribution in [3.63, 3.8) is 0 Å². The van der Waals surface area contributed by atoms with Crippen molar-refractivity contribution in [2.45, 2.75) is 31.5 Å². The average molecular weight is 271 g/mol. The van der Waals surface area contributed by atoms with Crippen molar-refractivity contribution in [2.24, 2.45) is 12.8 Å². The van der Waals surface area contributed by atoms with E-state index < -0.39 is 18.6 Å². The lowest BCUT2D eigenvalue weighted by Crippen LogP contribution is -2.25. The van der Waals surface area contributed by atoms with Crippen molar-refractivity contribution < 1.29 is 13.2 Å². The third-order valence-electron chi connectivity index (χ3n) is 3.09. The van der Waals surface area contributed by atoms with Gasteiger partial charge in [-0.2, -0.15) is 18.3 Å². The molecule has 2 aromatic rings. The fraction of sp³-hybridized carbons (Fsp3) is 0.462. The van der Waals surface area contributed by atoms with Gasteiger partial charge in [-0.3, -0.25) is 4.68 Å². The van der Waals surface area contributed by atoms with Crippen LogP contribution in [-0.2, 0) is 13.5 Å². The molecule has 1 aromatic heterocycles. The SMILES string of the molecule is Cn1nc(CC(N)CCC(F)(F)F)c2ccccc21. The van der Waals surface area contributed by atoms with Crippen LogP contribution in [0.1, 0.15) is 18.5 Å². The highest BCUT2D eigenvalue weighted by Crippen LogP contribution is 2.24. The van der Waals surface area contributed by atoms with E-state index in [1.54, 1.807) is 4.68 Å². The van der Waals surface area contributed by atoms with Crippen molar-refractivity contribution in [3.05, 3.63) is 30.0 Å². The summed E-state index contributed by atoms with van der Waals surface area (Å²) in [5.41, 5.74) is 7.48. The Bertz CT molecular complexity index is 560. The first-order valence-corrected chi connectivity index (χ1v) is 6.10. The van der Waals surface area contributed by atoms with Crippen LogP contribution in [0.25, 0.3) is 10.9 Å². The zero-order valence-corrected chi connectivity index (χ0v) is 10.6. The van der Waals surface area contributed by atoms with E-state index in [-0.39, 0.29) is 6.42 Å². The van der Waals surface area contributed by atoms with E-state index in [2.05, 4.69) is 5.10 Å². The first kappa shape index (κ1) is 13.9. The molecular weight excluding hydrogens is 255 g/mol. The molecule has 1 unspecified atom stereocenters. The van der Waals surface area contributed by atoms with Crippen LogP contribution < -0.4 is 5.73 Å². The summed E-state index contributed by atoms with van der Waals surface area (Å²) in [6, 6.07) is 7.09. The molecule has 1 aromatic carbocycles. The molecule has 0 aliphatic heterocycles. The third kappa shape index (κ3) is 3.47. The van der Waals surface area contributed by atoms with Gasteiger partial charge in [-0.1, -0.05) is 18.2 Å². The number of halogens is 3. The first-order chi connectivity index (χ1) is 8.87. The predicted molar refractivity (Wildman–Crippen MR) is 67.7 cm³/mol. The third-order valence-corrected chi connectivity index (χ3v) is 3.09. The second kappa shape index (κ2) is 5.21. The summed E-state index contributed by atoms with van der Waals surface area (Å²) < 4.78 is 38.1. The smallest absolute Gasteiger partial charge is 0.327 e. The summed E-state index contributed by atoms with van der Waals surface area (Å²) in [5.74, 6) is 0. The van der Waals surface area contributed by atoms with Crippen molar-refractivity contribution in [1.82, 2.24) is 9.78 Å². The number of alkyl halides is 3. The molecule has 0 saturated carbocycles. The Labute approximate surface area is 109 Å². The molecule has 0 amide bonds. The molecule has 104 valence electrons. The van der Waals surface area contributed by atoms with E-state index in [9.17, 15) is 13.2 Å². The van der Waals surface area contributed by atoms with Crippen molar-refractivity contribution in [3.8, 4) is 0 Å². The summed E-state index contributed by atoms with van der Waals surface area (Å²) >= 11 is 0. The van der Waals surface area contributed by atoms with Gasteiger partial charge in [0.25, 0.3) is 0 Å². The number of nitrogens with two attached hydrogens (primary N) is 1. The van der Waals surface area contributed by atoms with Crippen LogP contribution in [0.3, 0.4) is 0 Å². The molecule has 0 aliphatic rings. The standard InChI is InChI=1S/C13H16F3N3/c1-19-12-5-3-2-4-10(12)11(18-19)8-9(17)6-7-13(14,15)16/h2-5,9H,6-8,17H2,1H3. The van der Waals surface area contributed by atoms with E-state index >= 15 is 0 Å². The number of rotatable bonds is 4. The van der Waals surface area contributed by atoms with Crippen molar-refractivity contribution >= 4 is 10.9 Å². The highest BCUT2D eigenvalue weighted by atomic mass is 19.4. The Morgan fingerprint density at radius 2 is 2.00 bits per heavy atom. The summed E-state index contributed by atoms with van der Waals surface area (Å²) in [6.07, 6.45) is -4.71. The lowest BCUT2D eigenvalue weighted by atomic mass is 10.0. The highest BCUT2D eigenvalue weighted by molar-refractivity contribution is 5.81. The minimum absolute atomic E-state index is 0.0750. The van der Waals surface area contributed by atoms with Gasteiger partial charge in [-0.05, 0) is 12.5 Å². The summed E-state index contributed by atoms with van der Waals surface area (Å²) in [4.78, 5) is 0. The number of fused-ring (bicyclic) bond motifs is 1. The Kier molecular flexibility index (Phi) is 3.80. The fourth-order valence-electron chi connectivity index (χ4n) is 2.14. The molecule has 0 spiro atoms. The minimum atomic E-state index is -4.15. The van der Waals surface area contributed by atoms with Crippen LogP contribution in [0.2, 0.25) is 0 Å².